The van der Waals surface area contributed by atoms with Gasteiger partial charge in [0.15, 0.2) is 5.79 Å². The lowest BCUT2D eigenvalue weighted by Gasteiger charge is -2.34. The van der Waals surface area contributed by atoms with Crippen molar-refractivity contribution in [2.75, 3.05) is 0 Å². The van der Waals surface area contributed by atoms with Crippen molar-refractivity contribution in [3.63, 3.8) is 0 Å². The molecule has 2 heterocycles. The molecule has 2 aliphatic rings. The van der Waals surface area contributed by atoms with Crippen molar-refractivity contribution in [1.82, 2.24) is 0 Å². The van der Waals surface area contributed by atoms with Crippen LogP contribution in [0.1, 0.15) is 37.6 Å². The second-order valence-electron chi connectivity index (χ2n) is 5.96. The van der Waals surface area contributed by atoms with Crippen LogP contribution >= 0.6 is 0 Å². The molecule has 21 heavy (non-hydrogen) atoms. The zero-order valence-electron chi connectivity index (χ0n) is 12.4. The van der Waals surface area contributed by atoms with Gasteiger partial charge >= 0.3 is 5.97 Å². The minimum absolute atomic E-state index is 0.0441. The van der Waals surface area contributed by atoms with Crippen molar-refractivity contribution in [1.29, 1.82) is 0 Å². The zero-order valence-corrected chi connectivity index (χ0v) is 12.4. The minimum Gasteiger partial charge on any atom is -0.429 e. The Morgan fingerprint density at radius 1 is 1.24 bits per heavy atom. The van der Waals surface area contributed by atoms with Crippen LogP contribution in [0.15, 0.2) is 30.3 Å². The van der Waals surface area contributed by atoms with Crippen LogP contribution in [-0.2, 0) is 18.9 Å². The fourth-order valence-corrected chi connectivity index (χ4v) is 2.81. The average Bonchev–Trinajstić information content (AvgIpc) is 2.74. The predicted molar refractivity (Wildman–Crippen MR) is 74.6 cm³/mol. The molecular formula is C16H20O5. The van der Waals surface area contributed by atoms with Crippen LogP contribution in [0.4, 0.5) is 0 Å². The molecule has 0 aromatic heterocycles. The van der Waals surface area contributed by atoms with Gasteiger partial charge < -0.3 is 18.9 Å². The molecule has 0 saturated carbocycles. The van der Waals surface area contributed by atoms with Gasteiger partial charge in [0.2, 0.25) is 6.29 Å². The highest BCUT2D eigenvalue weighted by Gasteiger charge is 2.51. The Bertz CT molecular complexity index is 513. The summed E-state index contributed by atoms with van der Waals surface area (Å²) in [4.78, 5) is 12.2. The van der Waals surface area contributed by atoms with Gasteiger partial charge in [-0.05, 0) is 32.9 Å². The molecule has 0 spiro atoms. The number of rotatable bonds is 2. The first-order valence-electron chi connectivity index (χ1n) is 7.22. The Hall–Kier alpha value is -1.43. The highest BCUT2D eigenvalue weighted by atomic mass is 16.8. The zero-order chi connectivity index (χ0) is 15.0. The highest BCUT2D eigenvalue weighted by molar-refractivity contribution is 5.89. The van der Waals surface area contributed by atoms with E-state index >= 15 is 0 Å². The molecule has 4 atom stereocenters. The third kappa shape index (κ3) is 3.10. The Morgan fingerprint density at radius 3 is 2.67 bits per heavy atom. The van der Waals surface area contributed by atoms with Gasteiger partial charge in [-0.2, -0.15) is 0 Å². The smallest absolute Gasteiger partial charge is 0.340 e. The Labute approximate surface area is 124 Å². The number of hydrogen-bond acceptors (Lipinski definition) is 5. The van der Waals surface area contributed by atoms with Crippen molar-refractivity contribution in [2.45, 2.75) is 57.6 Å². The minimum atomic E-state index is -0.742. The molecule has 0 unspecified atom stereocenters. The monoisotopic (exact) mass is 292 g/mol. The topological polar surface area (TPSA) is 54.0 Å². The highest BCUT2D eigenvalue weighted by Crippen LogP contribution is 2.37. The fourth-order valence-electron chi connectivity index (χ4n) is 2.81. The lowest BCUT2D eigenvalue weighted by atomic mass is 10.0. The number of carbonyl (C=O) groups excluding carboxylic acids is 1. The van der Waals surface area contributed by atoms with Gasteiger partial charge in [0.1, 0.15) is 6.10 Å². The van der Waals surface area contributed by atoms with Crippen LogP contribution < -0.4 is 0 Å². The van der Waals surface area contributed by atoms with Gasteiger partial charge in [-0.3, -0.25) is 0 Å². The van der Waals surface area contributed by atoms with E-state index < -0.39 is 18.0 Å². The maximum Gasteiger partial charge on any atom is 0.340 e. The van der Waals surface area contributed by atoms with Gasteiger partial charge in [-0.25, -0.2) is 4.79 Å². The van der Waals surface area contributed by atoms with E-state index in [1.165, 1.54) is 0 Å². The number of ether oxygens (including phenoxy) is 4. The molecule has 0 amide bonds. The first-order chi connectivity index (χ1) is 9.94. The summed E-state index contributed by atoms with van der Waals surface area (Å²) in [7, 11) is 0. The van der Waals surface area contributed by atoms with E-state index in [0.29, 0.717) is 5.56 Å². The lowest BCUT2D eigenvalue weighted by Crippen LogP contribution is -2.48. The molecule has 0 N–H and O–H groups in total. The summed E-state index contributed by atoms with van der Waals surface area (Å²) < 4.78 is 22.9. The Morgan fingerprint density at radius 2 is 1.95 bits per heavy atom. The third-order valence-corrected chi connectivity index (χ3v) is 3.65. The molecule has 5 heteroatoms. The second kappa shape index (κ2) is 5.40. The first kappa shape index (κ1) is 14.5. The third-order valence-electron chi connectivity index (χ3n) is 3.65. The van der Waals surface area contributed by atoms with Crippen LogP contribution in [0, 0.1) is 0 Å². The maximum atomic E-state index is 12.2. The molecule has 2 saturated heterocycles. The van der Waals surface area contributed by atoms with Gasteiger partial charge in [0, 0.05) is 6.42 Å². The van der Waals surface area contributed by atoms with Crippen molar-refractivity contribution in [2.24, 2.45) is 0 Å². The molecule has 2 fully saturated rings. The molecular weight excluding hydrogens is 272 g/mol. The summed E-state index contributed by atoms with van der Waals surface area (Å²) >= 11 is 0. The summed E-state index contributed by atoms with van der Waals surface area (Å²) in [6.45, 7) is 5.65. The van der Waals surface area contributed by atoms with Gasteiger partial charge in [0.25, 0.3) is 0 Å². The number of benzene rings is 1. The average molecular weight is 292 g/mol. The van der Waals surface area contributed by atoms with Crippen molar-refractivity contribution in [3.8, 4) is 0 Å². The van der Waals surface area contributed by atoms with Crippen LogP contribution in [-0.4, -0.2) is 36.4 Å². The van der Waals surface area contributed by atoms with Crippen LogP contribution in [0.3, 0.4) is 0 Å². The second-order valence-corrected chi connectivity index (χ2v) is 5.96. The molecule has 114 valence electrons. The van der Waals surface area contributed by atoms with Gasteiger partial charge in [-0.1, -0.05) is 18.2 Å². The van der Waals surface area contributed by atoms with Crippen molar-refractivity contribution < 1.29 is 23.7 Å². The van der Waals surface area contributed by atoms with Crippen LogP contribution in [0.5, 0.6) is 0 Å². The molecule has 0 aliphatic carbocycles. The van der Waals surface area contributed by atoms with E-state index in [0.717, 1.165) is 6.42 Å². The molecule has 1 aromatic carbocycles. The Kier molecular flexibility index (Phi) is 3.73. The number of fused-ring (bicyclic) bond motifs is 1. The van der Waals surface area contributed by atoms with Crippen molar-refractivity contribution in [3.05, 3.63) is 35.9 Å². The molecule has 1 aromatic rings. The summed E-state index contributed by atoms with van der Waals surface area (Å²) in [5, 5.41) is 0. The Balaban J connectivity index is 1.73. The van der Waals surface area contributed by atoms with E-state index in [2.05, 4.69) is 0 Å². The first-order valence-corrected chi connectivity index (χ1v) is 7.22. The normalized spacial score (nSPS) is 34.2. The maximum absolute atomic E-state index is 12.2. The molecule has 3 rings (SSSR count). The quantitative estimate of drug-likeness (QED) is 0.784. The van der Waals surface area contributed by atoms with E-state index in [-0.39, 0.29) is 18.3 Å². The largest absolute Gasteiger partial charge is 0.429 e. The summed E-state index contributed by atoms with van der Waals surface area (Å²) in [5.74, 6) is -1.10. The molecule has 2 aliphatic heterocycles. The number of carbonyl (C=O) groups is 1. The van der Waals surface area contributed by atoms with Crippen LogP contribution in [0.2, 0.25) is 0 Å². The predicted octanol–water partition coefficient (Wildman–Crippen LogP) is 2.50. The summed E-state index contributed by atoms with van der Waals surface area (Å²) in [6.07, 6.45) is -0.556. The van der Waals surface area contributed by atoms with Gasteiger partial charge in [-0.15, -0.1) is 0 Å². The number of hydrogen-bond donors (Lipinski definition) is 0. The van der Waals surface area contributed by atoms with Gasteiger partial charge in [0.05, 0.1) is 17.8 Å². The van der Waals surface area contributed by atoms with E-state index in [9.17, 15) is 4.79 Å². The summed E-state index contributed by atoms with van der Waals surface area (Å²) in [5.41, 5.74) is 0.494. The van der Waals surface area contributed by atoms with Crippen LogP contribution in [0.25, 0.3) is 0 Å². The van der Waals surface area contributed by atoms with Crippen molar-refractivity contribution >= 4 is 5.97 Å². The SMILES string of the molecule is C[C@H]1C[C@H]2OC(C)(C)O[C@H]2[C@@H](OC(=O)c2ccccc2)O1. The summed E-state index contributed by atoms with van der Waals surface area (Å²) in [6, 6.07) is 8.86. The standard InChI is InChI=1S/C16H20O5/c1-10-9-12-13(21-16(2,3)20-12)15(18-10)19-14(17)11-7-5-4-6-8-11/h4-8,10,12-13,15H,9H2,1-3H3/t10-,12+,13+,15+/m0/s1. The molecule has 0 radical (unpaired) electrons. The van der Waals surface area contributed by atoms with E-state index in [1.54, 1.807) is 24.3 Å². The van der Waals surface area contributed by atoms with E-state index in [1.807, 2.05) is 26.8 Å². The number of esters is 1. The molecule has 0 bridgehead atoms. The lowest BCUT2D eigenvalue weighted by molar-refractivity contribution is -0.225. The fraction of sp³-hybridized carbons (Fsp3) is 0.562. The molecule has 5 nitrogen and oxygen atoms in total. The van der Waals surface area contributed by atoms with E-state index in [4.69, 9.17) is 18.9 Å².